The first kappa shape index (κ1) is 33.9. The van der Waals surface area contributed by atoms with Crippen LogP contribution in [0.25, 0.3) is 0 Å². The summed E-state index contributed by atoms with van der Waals surface area (Å²) in [5.74, 6) is 2.04. The molecule has 6 aromatic carbocycles. The van der Waals surface area contributed by atoms with E-state index in [4.69, 9.17) is 32.3 Å². The van der Waals surface area contributed by atoms with Crippen LogP contribution in [0.5, 0.6) is 51.7 Å². The van der Waals surface area contributed by atoms with Crippen LogP contribution in [0.1, 0.15) is 0 Å². The van der Waals surface area contributed by atoms with Crippen molar-refractivity contribution in [3.63, 3.8) is 0 Å². The molecule has 15 heteroatoms. The van der Waals surface area contributed by atoms with Gasteiger partial charge in [0.1, 0.15) is 0 Å². The van der Waals surface area contributed by atoms with Crippen molar-refractivity contribution in [2.24, 2.45) is 4.52 Å². The molecule has 0 amide bonds. The number of para-hydroxylation sites is 3. The zero-order valence-electron chi connectivity index (χ0n) is 26.6. The number of phenols is 3. The molecular weight excluding hydrogens is 711 g/mol. The molecule has 1 aliphatic rings. The fourth-order valence-corrected chi connectivity index (χ4v) is 12.3. The number of nitrogens with zero attached hydrogens (tertiary/aromatic N) is 3. The molecule has 1 unspecified atom stereocenters. The molecule has 7 rings (SSSR count). The molecule has 1 aliphatic heterocycles. The first-order valence-corrected chi connectivity index (χ1v) is 19.2. The quantitative estimate of drug-likeness (QED) is 0.103. The van der Waals surface area contributed by atoms with Crippen molar-refractivity contribution in [3.05, 3.63) is 164 Å². The fourth-order valence-electron chi connectivity index (χ4n) is 4.59. The second kappa shape index (κ2) is 14.7. The molecule has 0 bridgehead atoms. The summed E-state index contributed by atoms with van der Waals surface area (Å²) < 4.78 is 35.5. The minimum atomic E-state index is -5.36. The van der Waals surface area contributed by atoms with Gasteiger partial charge in [-0.2, -0.15) is 0 Å². The van der Waals surface area contributed by atoms with Gasteiger partial charge >= 0.3 is 297 Å². The Balaban J connectivity index is 1.50. The summed E-state index contributed by atoms with van der Waals surface area (Å²) >= 11 is 0. The molecule has 258 valence electrons. The molecular formula is C36H30N3O9P3. The number of hydrogen-bond acceptors (Lipinski definition) is 12. The van der Waals surface area contributed by atoms with Gasteiger partial charge in [-0.15, -0.1) is 0 Å². The Bertz CT molecular complexity index is 1960. The Morgan fingerprint density at radius 1 is 0.451 bits per heavy atom. The van der Waals surface area contributed by atoms with E-state index in [1.54, 1.807) is 109 Å². The summed E-state index contributed by atoms with van der Waals surface area (Å²) in [5, 5.41) is 30.2. The number of aromatic hydroxyl groups is 3. The number of hydrogen-bond donors (Lipinski definition) is 3. The van der Waals surface area contributed by atoms with E-state index in [-0.39, 0.29) is 31.5 Å². The van der Waals surface area contributed by atoms with Crippen molar-refractivity contribution in [1.29, 1.82) is 0 Å². The molecule has 3 N–H and O–H groups in total. The summed E-state index contributed by atoms with van der Waals surface area (Å²) in [4.78, 5) is 13.1. The summed E-state index contributed by atoms with van der Waals surface area (Å²) in [6, 6.07) is 45.1. The molecule has 6 aromatic rings. The van der Waals surface area contributed by atoms with Gasteiger partial charge in [0.25, 0.3) is 0 Å². The van der Waals surface area contributed by atoms with Gasteiger partial charge in [-0.05, 0) is 0 Å². The van der Waals surface area contributed by atoms with Crippen LogP contribution >= 0.6 is 24.6 Å². The molecule has 1 atom stereocenters. The number of phenolic OH excluding ortho intramolecular Hbond substituents is 3. The van der Waals surface area contributed by atoms with Crippen LogP contribution in [0.2, 0.25) is 0 Å². The minimum absolute atomic E-state index is 0.0168. The van der Waals surface area contributed by atoms with E-state index in [0.717, 1.165) is 0 Å². The van der Waals surface area contributed by atoms with E-state index >= 15 is 0 Å². The molecule has 12 nitrogen and oxygen atoms in total. The third-order valence-electron chi connectivity index (χ3n) is 6.93. The van der Waals surface area contributed by atoms with Gasteiger partial charge in [0.2, 0.25) is 0 Å². The SMILES string of the molecule is Oc1ccc(ON2P=NP(Oc3ccccc3)(Oc3ccccc3)(Oc3ccccc3)N(Oc3ccc(O)cc3)P2Oc2ccc(O)cc2)cc1. The van der Waals surface area contributed by atoms with Crippen LogP contribution < -0.4 is 27.8 Å². The van der Waals surface area contributed by atoms with E-state index in [9.17, 15) is 15.3 Å². The third kappa shape index (κ3) is 7.76. The van der Waals surface area contributed by atoms with Gasteiger partial charge in [0.15, 0.2) is 0 Å². The van der Waals surface area contributed by atoms with Crippen LogP contribution in [-0.4, -0.2) is 24.5 Å². The van der Waals surface area contributed by atoms with E-state index < -0.39 is 16.0 Å². The summed E-state index contributed by atoms with van der Waals surface area (Å²) in [6.45, 7) is 0. The van der Waals surface area contributed by atoms with Gasteiger partial charge in [0.05, 0.1) is 0 Å². The van der Waals surface area contributed by atoms with Crippen molar-refractivity contribution in [2.75, 3.05) is 0 Å². The number of benzene rings is 6. The van der Waals surface area contributed by atoms with E-state index in [2.05, 4.69) is 0 Å². The first-order valence-electron chi connectivity index (χ1n) is 15.4. The topological polar surface area (TPSA) is 135 Å². The van der Waals surface area contributed by atoms with E-state index in [1.807, 2.05) is 18.2 Å². The molecule has 0 saturated carbocycles. The summed E-state index contributed by atoms with van der Waals surface area (Å²) in [6.07, 6.45) is 0. The van der Waals surface area contributed by atoms with Crippen LogP contribution in [0, 0.1) is 0 Å². The predicted octanol–water partition coefficient (Wildman–Crippen LogP) is 10.4. The van der Waals surface area contributed by atoms with Gasteiger partial charge in [-0.1, -0.05) is 0 Å². The Morgan fingerprint density at radius 3 is 1.24 bits per heavy atom. The van der Waals surface area contributed by atoms with Crippen LogP contribution in [0.4, 0.5) is 0 Å². The summed E-state index contributed by atoms with van der Waals surface area (Å²) in [7, 11) is -7.62. The Labute approximate surface area is 296 Å². The van der Waals surface area contributed by atoms with Crippen molar-refractivity contribution in [1.82, 2.24) is 9.21 Å². The van der Waals surface area contributed by atoms with E-state index in [0.29, 0.717) is 28.7 Å². The second-order valence-electron chi connectivity index (χ2n) is 10.7. The standard InChI is InChI=1S/C36H30N3O9P3/c40-28-16-22-31(23-17-28)43-38-49-37-51(46-34-10-4-1-5-11-34,47-35-12-6-2-7-13-35,48-36-14-8-3-9-15-36)39(44-32-24-18-29(41)19-25-32)50(38)45-33-26-20-30(42)21-27-33/h1-27,40-42H. The maximum absolute atomic E-state index is 10.2. The monoisotopic (exact) mass is 741 g/mol. The fraction of sp³-hybridized carbons (Fsp3) is 0. The zero-order chi connectivity index (χ0) is 35.1. The second-order valence-corrected chi connectivity index (χ2v) is 16.5. The molecule has 1 heterocycles. The van der Waals surface area contributed by atoms with Crippen molar-refractivity contribution in [3.8, 4) is 51.7 Å². The normalized spacial score (nSPS) is 17.6. The molecule has 0 fully saturated rings. The summed E-state index contributed by atoms with van der Waals surface area (Å²) in [5.41, 5.74) is 0. The number of rotatable bonds is 12. The molecule has 0 spiro atoms. The van der Waals surface area contributed by atoms with Crippen molar-refractivity contribution < 1.29 is 43.1 Å². The van der Waals surface area contributed by atoms with Crippen molar-refractivity contribution >= 4 is 24.6 Å². The van der Waals surface area contributed by atoms with Crippen LogP contribution in [0.15, 0.2) is 168 Å². The Hall–Kier alpha value is -5.60. The van der Waals surface area contributed by atoms with E-state index in [1.165, 1.54) is 45.6 Å². The van der Waals surface area contributed by atoms with Crippen molar-refractivity contribution in [2.45, 2.75) is 0 Å². The van der Waals surface area contributed by atoms with Gasteiger partial charge in [-0.3, -0.25) is 0 Å². The van der Waals surface area contributed by atoms with Crippen LogP contribution in [0.3, 0.4) is 0 Å². The molecule has 51 heavy (non-hydrogen) atoms. The maximum atomic E-state index is 10.2. The average Bonchev–Trinajstić information content (AvgIpc) is 3.15. The molecule has 0 saturated heterocycles. The van der Waals surface area contributed by atoms with Crippen LogP contribution in [-0.2, 0) is 0 Å². The molecule has 0 radical (unpaired) electrons. The third-order valence-corrected chi connectivity index (χ3v) is 14.1. The predicted molar refractivity (Wildman–Crippen MR) is 194 cm³/mol. The first-order chi connectivity index (χ1) is 24.9. The Morgan fingerprint density at radius 2 is 0.824 bits per heavy atom. The molecule has 0 aliphatic carbocycles. The average molecular weight is 742 g/mol. The van der Waals surface area contributed by atoms with Gasteiger partial charge < -0.3 is 0 Å². The van der Waals surface area contributed by atoms with Gasteiger partial charge in [0, 0.05) is 0 Å². The molecule has 0 aromatic heterocycles. The Kier molecular flexibility index (Phi) is 9.77. The zero-order valence-corrected chi connectivity index (χ0v) is 29.2. The van der Waals surface area contributed by atoms with Gasteiger partial charge in [-0.25, -0.2) is 0 Å².